The first kappa shape index (κ1) is 21.1. The number of ether oxygens (including phenoxy) is 1. The Balaban J connectivity index is 1.95. The Labute approximate surface area is 163 Å². The molecule has 2 rings (SSSR count). The van der Waals surface area contributed by atoms with Crippen LogP contribution in [0.4, 0.5) is 0 Å². The van der Waals surface area contributed by atoms with E-state index < -0.39 is 16.8 Å². The summed E-state index contributed by atoms with van der Waals surface area (Å²) < 4.78 is 4.90. The molecule has 0 aromatic rings. The average molecular weight is 402 g/mol. The molecule has 2 saturated heterocycles. The minimum absolute atomic E-state index is 0.176. The number of likely N-dealkylation sites (N-methyl/N-ethyl adjacent to an activating group) is 1. The number of esters is 1. The average Bonchev–Trinajstić information content (AvgIpc) is 2.80. The summed E-state index contributed by atoms with van der Waals surface area (Å²) in [4.78, 5) is 40.6. The number of β-lactam (4-membered cyclic amide) rings is 1. The summed E-state index contributed by atoms with van der Waals surface area (Å²) in [5.74, 6) is 0.193. The molecule has 1 N–H and O–H groups in total. The van der Waals surface area contributed by atoms with Gasteiger partial charge in [-0.2, -0.15) is 0 Å². The van der Waals surface area contributed by atoms with Crippen molar-refractivity contribution >= 4 is 41.3 Å². The number of hydrogen-bond donors (Lipinski definition) is 1. The van der Waals surface area contributed by atoms with Crippen LogP contribution in [0.1, 0.15) is 13.8 Å². The number of carbonyl (C=O) groups is 3. The molecule has 146 valence electrons. The van der Waals surface area contributed by atoms with Crippen molar-refractivity contribution in [2.45, 2.75) is 36.1 Å². The predicted molar refractivity (Wildman–Crippen MR) is 105 cm³/mol. The molecule has 9 heteroatoms. The van der Waals surface area contributed by atoms with Crippen LogP contribution in [0.5, 0.6) is 0 Å². The lowest BCUT2D eigenvalue weighted by Gasteiger charge is -2.43. The fourth-order valence-electron chi connectivity index (χ4n) is 2.98. The molecule has 0 bridgehead atoms. The van der Waals surface area contributed by atoms with Gasteiger partial charge < -0.3 is 19.9 Å². The molecular weight excluding hydrogens is 374 g/mol. The van der Waals surface area contributed by atoms with Crippen molar-refractivity contribution in [3.8, 4) is 0 Å². The van der Waals surface area contributed by atoms with E-state index in [1.165, 1.54) is 23.5 Å². The molecule has 0 radical (unpaired) electrons. The van der Waals surface area contributed by atoms with E-state index in [1.807, 2.05) is 32.8 Å². The third kappa shape index (κ3) is 4.55. The maximum Gasteiger partial charge on any atom is 0.330 e. The van der Waals surface area contributed by atoms with Gasteiger partial charge in [-0.25, -0.2) is 4.79 Å². The Morgan fingerprint density at radius 1 is 1.46 bits per heavy atom. The van der Waals surface area contributed by atoms with Gasteiger partial charge in [0.2, 0.25) is 11.8 Å². The Hall–Kier alpha value is -1.19. The molecule has 2 amide bonds. The van der Waals surface area contributed by atoms with Gasteiger partial charge in [0.15, 0.2) is 0 Å². The minimum Gasteiger partial charge on any atom is -0.463 e. The Morgan fingerprint density at radius 3 is 2.77 bits per heavy atom. The summed E-state index contributed by atoms with van der Waals surface area (Å²) >= 11 is 2.97. The van der Waals surface area contributed by atoms with Crippen molar-refractivity contribution < 1.29 is 19.1 Å². The highest BCUT2D eigenvalue weighted by Gasteiger charge is 2.64. The third-order valence-corrected chi connectivity index (χ3v) is 6.74. The quantitative estimate of drug-likeness (QED) is 0.262. The number of thioether (sulfide) groups is 2. The van der Waals surface area contributed by atoms with E-state index in [2.05, 4.69) is 11.9 Å². The highest BCUT2D eigenvalue weighted by Crippen LogP contribution is 2.51. The first-order valence-electron chi connectivity index (χ1n) is 8.48. The smallest absolute Gasteiger partial charge is 0.330 e. The molecule has 2 heterocycles. The highest BCUT2D eigenvalue weighted by atomic mass is 32.2. The highest BCUT2D eigenvalue weighted by molar-refractivity contribution is 8.01. The first-order valence-corrected chi connectivity index (χ1v) is 10.5. The second-order valence-corrected chi connectivity index (χ2v) is 9.88. The molecular formula is C17H27N3O4S2. The second kappa shape index (κ2) is 8.67. The molecule has 0 saturated carbocycles. The number of nitrogens with one attached hydrogen (secondary N) is 1. The van der Waals surface area contributed by atoms with E-state index in [-0.39, 0.29) is 35.5 Å². The Kier molecular flexibility index (Phi) is 7.04. The van der Waals surface area contributed by atoms with Crippen LogP contribution in [-0.4, -0.2) is 88.5 Å². The van der Waals surface area contributed by atoms with Gasteiger partial charge in [-0.05, 0) is 27.9 Å². The van der Waals surface area contributed by atoms with E-state index >= 15 is 0 Å². The van der Waals surface area contributed by atoms with Gasteiger partial charge in [0.05, 0.1) is 5.75 Å². The third-order valence-electron chi connectivity index (χ3n) is 4.23. The van der Waals surface area contributed by atoms with Crippen LogP contribution in [0.3, 0.4) is 0 Å². The van der Waals surface area contributed by atoms with Crippen LogP contribution in [0.25, 0.3) is 0 Å². The van der Waals surface area contributed by atoms with E-state index in [0.717, 1.165) is 0 Å². The zero-order valence-electron chi connectivity index (χ0n) is 15.7. The minimum atomic E-state index is -0.629. The van der Waals surface area contributed by atoms with Crippen LogP contribution in [-0.2, 0) is 19.1 Å². The fourth-order valence-corrected chi connectivity index (χ4v) is 5.16. The van der Waals surface area contributed by atoms with Crippen molar-refractivity contribution in [2.24, 2.45) is 0 Å². The van der Waals surface area contributed by atoms with Crippen molar-refractivity contribution in [2.75, 3.05) is 38.8 Å². The van der Waals surface area contributed by atoms with E-state index in [9.17, 15) is 14.4 Å². The molecule has 7 nitrogen and oxygen atoms in total. The topological polar surface area (TPSA) is 79.0 Å². The van der Waals surface area contributed by atoms with Crippen molar-refractivity contribution in [1.82, 2.24) is 15.1 Å². The molecule has 0 unspecified atom stereocenters. The van der Waals surface area contributed by atoms with E-state index in [1.54, 1.807) is 11.0 Å². The molecule has 0 aromatic carbocycles. The van der Waals surface area contributed by atoms with Crippen LogP contribution in [0.2, 0.25) is 0 Å². The number of hydrogen-bond acceptors (Lipinski definition) is 7. The molecule has 0 aromatic heterocycles. The molecule has 2 aliphatic rings. The molecule has 0 aliphatic carbocycles. The van der Waals surface area contributed by atoms with Crippen molar-refractivity contribution in [3.05, 3.63) is 12.7 Å². The molecule has 2 fully saturated rings. The molecule has 2 aliphatic heterocycles. The summed E-state index contributed by atoms with van der Waals surface area (Å²) in [7, 11) is 3.80. The fraction of sp³-hybridized carbons (Fsp3) is 0.706. The van der Waals surface area contributed by atoms with E-state index in [4.69, 9.17) is 4.74 Å². The van der Waals surface area contributed by atoms with Gasteiger partial charge in [0, 0.05) is 17.0 Å². The number of rotatable bonds is 9. The molecule has 26 heavy (non-hydrogen) atoms. The number of fused-ring (bicyclic) bond motifs is 1. The number of carbonyl (C=O) groups excluding carboxylic acids is 3. The largest absolute Gasteiger partial charge is 0.463 e. The van der Waals surface area contributed by atoms with Gasteiger partial charge in [-0.1, -0.05) is 6.08 Å². The summed E-state index contributed by atoms with van der Waals surface area (Å²) in [6.07, 6.45) is 1.73. The van der Waals surface area contributed by atoms with E-state index in [0.29, 0.717) is 12.3 Å². The Bertz CT molecular complexity index is 582. The summed E-state index contributed by atoms with van der Waals surface area (Å²) in [6.45, 7) is 8.39. The zero-order valence-corrected chi connectivity index (χ0v) is 17.3. The van der Waals surface area contributed by atoms with Crippen LogP contribution < -0.4 is 5.32 Å². The molecule has 3 atom stereocenters. The summed E-state index contributed by atoms with van der Waals surface area (Å²) in [5, 5.41) is 2.56. The first-order chi connectivity index (χ1) is 12.2. The van der Waals surface area contributed by atoms with Crippen molar-refractivity contribution in [1.29, 1.82) is 0 Å². The Morgan fingerprint density at radius 2 is 2.15 bits per heavy atom. The van der Waals surface area contributed by atoms with Crippen LogP contribution in [0, 0.1) is 0 Å². The molecule has 0 spiro atoms. The van der Waals surface area contributed by atoms with Crippen LogP contribution in [0.15, 0.2) is 12.7 Å². The SMILES string of the molecule is C=CCSCC(=O)N[C@@H]1C(=O)N2[C@@H]1SC(C)(C)[C@@H]2C(=O)OCCN(C)C. The van der Waals surface area contributed by atoms with Crippen molar-refractivity contribution in [3.63, 3.8) is 0 Å². The predicted octanol–water partition coefficient (Wildman–Crippen LogP) is 0.558. The maximum atomic E-state index is 12.6. The van der Waals surface area contributed by atoms with Crippen LogP contribution >= 0.6 is 23.5 Å². The number of amides is 2. The summed E-state index contributed by atoms with van der Waals surface area (Å²) in [5.41, 5.74) is 0. The van der Waals surface area contributed by atoms with Gasteiger partial charge >= 0.3 is 5.97 Å². The lowest BCUT2D eigenvalue weighted by Crippen LogP contribution is -2.70. The second-order valence-electron chi connectivity index (χ2n) is 7.08. The summed E-state index contributed by atoms with van der Waals surface area (Å²) in [6, 6.07) is -1.20. The van der Waals surface area contributed by atoms with Gasteiger partial charge in [-0.15, -0.1) is 30.1 Å². The normalized spacial score (nSPS) is 26.3. The zero-order chi connectivity index (χ0) is 19.5. The maximum absolute atomic E-state index is 12.6. The van der Waals surface area contributed by atoms with Gasteiger partial charge in [0.25, 0.3) is 0 Å². The lowest BCUT2D eigenvalue weighted by molar-refractivity contribution is -0.164. The van der Waals surface area contributed by atoms with Gasteiger partial charge in [0.1, 0.15) is 24.1 Å². The van der Waals surface area contributed by atoms with Gasteiger partial charge in [-0.3, -0.25) is 9.59 Å². The lowest BCUT2D eigenvalue weighted by atomic mass is 9.96. The number of nitrogens with zero attached hydrogens (tertiary/aromatic N) is 2. The monoisotopic (exact) mass is 401 g/mol. The standard InChI is InChI=1S/C17H27N3O4S2/c1-6-9-25-10-11(21)18-12-14(22)20-13(17(2,3)26-15(12)20)16(23)24-8-7-19(4)5/h6,12-13,15H,1,7-10H2,2-5H3,(H,18,21)/t12-,13+,15-/m1/s1.